The molecule has 0 fully saturated rings. The third-order valence-electron chi connectivity index (χ3n) is 2.17. The number of anilines is 1. The van der Waals surface area contributed by atoms with E-state index in [2.05, 4.69) is 15.4 Å². The van der Waals surface area contributed by atoms with Gasteiger partial charge in [-0.3, -0.25) is 15.2 Å². The number of hydrazine groups is 1. The van der Waals surface area contributed by atoms with E-state index < -0.39 is 11.9 Å². The van der Waals surface area contributed by atoms with Crippen molar-refractivity contribution >= 4 is 28.4 Å². The Balaban J connectivity index is 2.18. The molecule has 0 aromatic carbocycles. The van der Waals surface area contributed by atoms with E-state index in [1.54, 1.807) is 12.3 Å². The predicted molar refractivity (Wildman–Crippen MR) is 70.6 cm³/mol. The van der Waals surface area contributed by atoms with Crippen LogP contribution in [0.25, 0.3) is 0 Å². The lowest BCUT2D eigenvalue weighted by Gasteiger charge is -2.17. The van der Waals surface area contributed by atoms with Crippen LogP contribution in [0, 0.1) is 6.92 Å². The van der Waals surface area contributed by atoms with Gasteiger partial charge in [0.05, 0.1) is 5.69 Å². The van der Waals surface area contributed by atoms with Crippen LogP contribution >= 0.6 is 11.3 Å². The second kappa shape index (κ2) is 5.44. The van der Waals surface area contributed by atoms with E-state index in [1.807, 2.05) is 0 Å². The number of amides is 3. The smallest absolute Gasteiger partial charge is 0.340 e. The first-order chi connectivity index (χ1) is 9.08. The first kappa shape index (κ1) is 13.0. The van der Waals surface area contributed by atoms with Gasteiger partial charge in [-0.2, -0.15) is 5.01 Å². The minimum Gasteiger partial charge on any atom is -0.350 e. The van der Waals surface area contributed by atoms with Crippen LogP contribution < -0.4 is 16.2 Å². The first-order valence-electron chi connectivity index (χ1n) is 5.30. The van der Waals surface area contributed by atoms with E-state index >= 15 is 0 Å². The van der Waals surface area contributed by atoms with Gasteiger partial charge in [0, 0.05) is 23.3 Å². The lowest BCUT2D eigenvalue weighted by Crippen LogP contribution is -2.49. The zero-order valence-corrected chi connectivity index (χ0v) is 10.8. The second-order valence-electron chi connectivity index (χ2n) is 3.62. The fraction of sp³-hybridized carbons (Fsp3) is 0.0909. The summed E-state index contributed by atoms with van der Waals surface area (Å²) in [7, 11) is 0. The Morgan fingerprint density at radius 2 is 2.05 bits per heavy atom. The largest absolute Gasteiger partial charge is 0.350 e. The van der Waals surface area contributed by atoms with Crippen LogP contribution in [0.2, 0.25) is 0 Å². The molecule has 2 rings (SSSR count). The SMILES string of the molecule is Cc1csc(N(NC(=O)c2ccncc2)C(N)=O)n1. The van der Waals surface area contributed by atoms with Crippen molar-refractivity contribution < 1.29 is 9.59 Å². The van der Waals surface area contributed by atoms with Gasteiger partial charge >= 0.3 is 6.03 Å². The topological polar surface area (TPSA) is 101 Å². The lowest BCUT2D eigenvalue weighted by atomic mass is 10.3. The van der Waals surface area contributed by atoms with E-state index in [1.165, 1.54) is 35.9 Å². The Bertz CT molecular complexity index is 598. The number of hydrogen-bond acceptors (Lipinski definition) is 5. The molecule has 3 N–H and O–H groups in total. The van der Waals surface area contributed by atoms with Gasteiger partial charge in [-0.25, -0.2) is 9.78 Å². The molecular weight excluding hydrogens is 266 g/mol. The average molecular weight is 277 g/mol. The summed E-state index contributed by atoms with van der Waals surface area (Å²) in [5.74, 6) is -0.464. The number of urea groups is 1. The van der Waals surface area contributed by atoms with Crippen LogP contribution in [0.5, 0.6) is 0 Å². The molecule has 2 heterocycles. The van der Waals surface area contributed by atoms with E-state index in [9.17, 15) is 9.59 Å². The molecule has 3 amide bonds. The molecule has 0 saturated heterocycles. The van der Waals surface area contributed by atoms with Gasteiger partial charge in [0.15, 0.2) is 0 Å². The molecule has 2 aromatic heterocycles. The molecule has 0 aliphatic heterocycles. The molecule has 19 heavy (non-hydrogen) atoms. The number of nitrogens with one attached hydrogen (secondary N) is 1. The van der Waals surface area contributed by atoms with Crippen molar-refractivity contribution in [3.8, 4) is 0 Å². The fourth-order valence-electron chi connectivity index (χ4n) is 1.31. The van der Waals surface area contributed by atoms with Crippen molar-refractivity contribution in [1.29, 1.82) is 0 Å². The van der Waals surface area contributed by atoms with Crippen LogP contribution in [-0.4, -0.2) is 21.9 Å². The highest BCUT2D eigenvalue weighted by Crippen LogP contribution is 2.18. The molecule has 98 valence electrons. The van der Waals surface area contributed by atoms with E-state index in [-0.39, 0.29) is 0 Å². The number of nitrogens with two attached hydrogens (primary N) is 1. The maximum atomic E-state index is 11.9. The number of nitrogens with zero attached hydrogens (tertiary/aromatic N) is 3. The van der Waals surface area contributed by atoms with Crippen molar-refractivity contribution in [3.63, 3.8) is 0 Å². The van der Waals surface area contributed by atoms with E-state index in [0.717, 1.165) is 10.7 Å². The Labute approximate surface area is 113 Å². The number of pyridine rings is 1. The molecule has 0 aliphatic rings. The van der Waals surface area contributed by atoms with Gasteiger partial charge in [-0.15, -0.1) is 11.3 Å². The Morgan fingerprint density at radius 3 is 2.58 bits per heavy atom. The molecular formula is C11H11N5O2S. The van der Waals surface area contributed by atoms with Crippen LogP contribution in [-0.2, 0) is 0 Å². The zero-order chi connectivity index (χ0) is 13.8. The van der Waals surface area contributed by atoms with Crippen LogP contribution in [0.1, 0.15) is 16.1 Å². The Morgan fingerprint density at radius 1 is 1.37 bits per heavy atom. The molecule has 0 spiro atoms. The zero-order valence-electron chi connectivity index (χ0n) is 10.0. The van der Waals surface area contributed by atoms with Gasteiger partial charge in [0.2, 0.25) is 5.13 Å². The summed E-state index contributed by atoms with van der Waals surface area (Å²) >= 11 is 1.21. The highest BCUT2D eigenvalue weighted by atomic mass is 32.1. The van der Waals surface area contributed by atoms with Crippen molar-refractivity contribution in [2.75, 3.05) is 5.01 Å². The maximum Gasteiger partial charge on any atom is 0.340 e. The maximum absolute atomic E-state index is 11.9. The first-order valence-corrected chi connectivity index (χ1v) is 6.18. The summed E-state index contributed by atoms with van der Waals surface area (Å²) in [4.78, 5) is 31.2. The number of rotatable bonds is 2. The molecule has 0 radical (unpaired) electrons. The van der Waals surface area contributed by atoms with E-state index in [4.69, 9.17) is 5.73 Å². The van der Waals surface area contributed by atoms with Gasteiger partial charge in [-0.05, 0) is 19.1 Å². The van der Waals surface area contributed by atoms with Crippen LogP contribution in [0.4, 0.5) is 9.93 Å². The van der Waals surface area contributed by atoms with Crippen molar-refractivity contribution in [3.05, 3.63) is 41.2 Å². The number of aromatic nitrogens is 2. The number of carbonyl (C=O) groups excluding carboxylic acids is 2. The minimum atomic E-state index is -0.809. The van der Waals surface area contributed by atoms with Crippen LogP contribution in [0.15, 0.2) is 29.9 Å². The Kier molecular flexibility index (Phi) is 3.71. The molecule has 7 nitrogen and oxygen atoms in total. The van der Waals surface area contributed by atoms with Crippen LogP contribution in [0.3, 0.4) is 0 Å². The standard InChI is InChI=1S/C11H11N5O2S/c1-7-6-19-11(14-7)16(10(12)18)15-9(17)8-2-4-13-5-3-8/h2-6H,1H3,(H2,12,18)(H,15,17). The quantitative estimate of drug-likeness (QED) is 0.802. The number of aryl methyl sites for hydroxylation is 1. The average Bonchev–Trinajstić information content (AvgIpc) is 2.82. The van der Waals surface area contributed by atoms with Gasteiger partial charge in [-0.1, -0.05) is 0 Å². The highest BCUT2D eigenvalue weighted by Gasteiger charge is 2.19. The van der Waals surface area contributed by atoms with Gasteiger partial charge < -0.3 is 5.73 Å². The molecule has 0 unspecified atom stereocenters. The fourth-order valence-corrected chi connectivity index (χ4v) is 2.08. The summed E-state index contributed by atoms with van der Waals surface area (Å²) in [6.07, 6.45) is 2.97. The third kappa shape index (κ3) is 3.05. The molecule has 0 bridgehead atoms. The normalized spacial score (nSPS) is 9.95. The Hall–Kier alpha value is -2.48. The summed E-state index contributed by atoms with van der Waals surface area (Å²) in [5, 5.41) is 2.98. The second-order valence-corrected chi connectivity index (χ2v) is 4.46. The highest BCUT2D eigenvalue weighted by molar-refractivity contribution is 7.14. The van der Waals surface area contributed by atoms with Crippen molar-refractivity contribution in [2.45, 2.75) is 6.92 Å². The van der Waals surface area contributed by atoms with Crippen molar-refractivity contribution in [1.82, 2.24) is 15.4 Å². The number of primary amides is 1. The summed E-state index contributed by atoms with van der Waals surface area (Å²) in [5.41, 5.74) is 8.74. The molecule has 8 heteroatoms. The number of carbonyl (C=O) groups is 2. The number of hydrogen-bond donors (Lipinski definition) is 2. The lowest BCUT2D eigenvalue weighted by molar-refractivity contribution is 0.0950. The molecule has 0 aliphatic carbocycles. The van der Waals surface area contributed by atoms with Gasteiger partial charge in [0.1, 0.15) is 0 Å². The number of thiazole rings is 1. The van der Waals surface area contributed by atoms with Gasteiger partial charge in [0.25, 0.3) is 5.91 Å². The molecule has 0 atom stereocenters. The third-order valence-corrected chi connectivity index (χ3v) is 3.12. The van der Waals surface area contributed by atoms with E-state index in [0.29, 0.717) is 10.7 Å². The summed E-state index contributed by atoms with van der Waals surface area (Å²) < 4.78 is 0. The summed E-state index contributed by atoms with van der Waals surface area (Å²) in [6, 6.07) is 2.25. The monoisotopic (exact) mass is 277 g/mol. The predicted octanol–water partition coefficient (Wildman–Crippen LogP) is 1.08. The molecule has 2 aromatic rings. The summed E-state index contributed by atoms with van der Waals surface area (Å²) in [6.45, 7) is 1.78. The van der Waals surface area contributed by atoms with Crippen molar-refractivity contribution in [2.24, 2.45) is 5.73 Å². The molecule has 0 saturated carbocycles. The minimum absolute atomic E-state index is 0.312.